The van der Waals surface area contributed by atoms with E-state index in [0.717, 1.165) is 40.6 Å². The Balaban J connectivity index is 1.11. The highest BCUT2D eigenvalue weighted by atomic mass is 32.1. The molecule has 5 heterocycles. The summed E-state index contributed by atoms with van der Waals surface area (Å²) in [6.07, 6.45) is 0. The fourth-order valence-corrected chi connectivity index (χ4v) is 12.5. The molecule has 1 aliphatic rings. The zero-order chi connectivity index (χ0) is 41.8. The number of hydrogen-bond donors (Lipinski definition) is 1. The van der Waals surface area contributed by atoms with Gasteiger partial charge in [0.1, 0.15) is 11.2 Å². The summed E-state index contributed by atoms with van der Waals surface area (Å²) in [6.45, 7) is 13.7. The fourth-order valence-electron chi connectivity index (χ4n) is 10.2. The number of furan rings is 1. The molecule has 1 N–H and O–H groups in total. The molecule has 298 valence electrons. The summed E-state index contributed by atoms with van der Waals surface area (Å²) >= 11 is 3.79. The van der Waals surface area contributed by atoms with Gasteiger partial charge in [0, 0.05) is 90.7 Å². The van der Waals surface area contributed by atoms with Crippen molar-refractivity contribution in [1.82, 2.24) is 4.57 Å². The Kier molecular flexibility index (Phi) is 7.40. The van der Waals surface area contributed by atoms with Gasteiger partial charge in [-0.25, -0.2) is 0 Å². The highest BCUT2D eigenvalue weighted by Gasteiger charge is 2.29. The van der Waals surface area contributed by atoms with Gasteiger partial charge in [0.15, 0.2) is 7.28 Å². The van der Waals surface area contributed by atoms with E-state index < -0.39 is 0 Å². The number of rotatable bonds is 3. The van der Waals surface area contributed by atoms with Crippen LogP contribution in [0.4, 0.5) is 11.4 Å². The molecule has 1 aliphatic heterocycles. The number of para-hydroxylation sites is 1. The largest absolute Gasteiger partial charge is 0.456 e. The van der Waals surface area contributed by atoms with E-state index in [-0.39, 0.29) is 10.8 Å². The number of benzene rings is 8. The first-order chi connectivity index (χ1) is 29.9. The van der Waals surface area contributed by atoms with Crippen molar-refractivity contribution in [1.29, 1.82) is 0 Å². The summed E-state index contributed by atoms with van der Waals surface area (Å²) in [5, 5.41) is 14.1. The van der Waals surface area contributed by atoms with Gasteiger partial charge in [0.05, 0.1) is 5.52 Å². The van der Waals surface area contributed by atoms with Gasteiger partial charge in [-0.05, 0) is 93.0 Å². The molecule has 0 fully saturated rings. The minimum atomic E-state index is 0.0742. The quantitative estimate of drug-likeness (QED) is 0.180. The van der Waals surface area contributed by atoms with Crippen LogP contribution in [0, 0.1) is 0 Å². The lowest BCUT2D eigenvalue weighted by atomic mass is 9.59. The van der Waals surface area contributed by atoms with Crippen LogP contribution in [0.15, 0.2) is 144 Å². The van der Waals surface area contributed by atoms with Crippen LogP contribution in [0.1, 0.15) is 52.7 Å². The molecular weight excluding hydrogens is 792 g/mol. The molecule has 8 aromatic carbocycles. The number of hydrogen-bond acceptors (Lipinski definition) is 4. The third-order valence-electron chi connectivity index (χ3n) is 13.5. The summed E-state index contributed by atoms with van der Waals surface area (Å²) in [6, 6.07) is 52.7. The number of nitrogens with one attached hydrogen (secondary N) is 1. The third kappa shape index (κ3) is 5.29. The van der Waals surface area contributed by atoms with Crippen molar-refractivity contribution in [2.45, 2.75) is 52.4 Å². The van der Waals surface area contributed by atoms with Crippen molar-refractivity contribution in [3.63, 3.8) is 0 Å². The average Bonchev–Trinajstić information content (AvgIpc) is 4.00. The molecule has 0 radical (unpaired) electrons. The van der Waals surface area contributed by atoms with Crippen molar-refractivity contribution in [3.8, 4) is 16.8 Å². The van der Waals surface area contributed by atoms with Gasteiger partial charge >= 0.3 is 0 Å². The van der Waals surface area contributed by atoms with Crippen molar-refractivity contribution in [3.05, 3.63) is 151 Å². The van der Waals surface area contributed by atoms with E-state index in [4.69, 9.17) is 4.42 Å². The molecule has 0 spiro atoms. The Morgan fingerprint density at radius 2 is 1.18 bits per heavy atom. The third-order valence-corrected chi connectivity index (χ3v) is 15.8. The highest BCUT2D eigenvalue weighted by Crippen LogP contribution is 2.46. The van der Waals surface area contributed by atoms with E-state index in [0.29, 0.717) is 0 Å². The zero-order valence-electron chi connectivity index (χ0n) is 35.7. The smallest absolute Gasteiger partial charge is 0.198 e. The molecule has 4 aromatic heterocycles. The van der Waals surface area contributed by atoms with Crippen LogP contribution in [0.5, 0.6) is 0 Å². The minimum absolute atomic E-state index is 0.0742. The van der Waals surface area contributed by atoms with Crippen LogP contribution in [-0.4, -0.2) is 11.8 Å². The van der Waals surface area contributed by atoms with Crippen LogP contribution in [0.3, 0.4) is 0 Å². The number of aromatic nitrogens is 1. The molecule has 13 rings (SSSR count). The van der Waals surface area contributed by atoms with Crippen LogP contribution in [0.25, 0.3) is 101 Å². The van der Waals surface area contributed by atoms with Crippen LogP contribution in [-0.2, 0) is 10.8 Å². The maximum absolute atomic E-state index is 6.57. The van der Waals surface area contributed by atoms with Gasteiger partial charge in [-0.1, -0.05) is 126 Å². The molecule has 0 unspecified atom stereocenters. The van der Waals surface area contributed by atoms with Crippen molar-refractivity contribution in [2.24, 2.45) is 0 Å². The topological polar surface area (TPSA) is 30.1 Å². The Morgan fingerprint density at radius 1 is 0.500 bits per heavy atom. The summed E-state index contributed by atoms with van der Waals surface area (Å²) in [7, 11) is 0.828. The Morgan fingerprint density at radius 3 is 2.00 bits per heavy atom. The van der Waals surface area contributed by atoms with E-state index in [1.165, 1.54) is 101 Å². The van der Waals surface area contributed by atoms with Crippen LogP contribution in [0.2, 0.25) is 0 Å². The molecular formula is C56H43BN2OS2. The Labute approximate surface area is 368 Å². The van der Waals surface area contributed by atoms with Gasteiger partial charge in [-0.15, -0.1) is 22.7 Å². The van der Waals surface area contributed by atoms with Crippen molar-refractivity contribution < 1.29 is 4.42 Å². The SMILES string of the molecule is CC(C)(C)c1ccc(Nc2cc3sc4cc(C(C)(C)C)ccc4c3cc2-c2ccc3c4cc5c(cc4n4c3c2Bc2cc3c(cc2-4)sc2ccccc23)oc2ccccc25)cc1. The number of fused-ring (bicyclic) bond motifs is 14. The molecule has 0 saturated carbocycles. The molecule has 12 aromatic rings. The Hall–Kier alpha value is -6.34. The Bertz CT molecular complexity index is 3880. The molecule has 0 saturated heterocycles. The van der Waals surface area contributed by atoms with Crippen LogP contribution < -0.4 is 16.2 Å². The van der Waals surface area contributed by atoms with Gasteiger partial charge in [-0.2, -0.15) is 0 Å². The first kappa shape index (κ1) is 36.3. The van der Waals surface area contributed by atoms with Crippen molar-refractivity contribution >= 4 is 136 Å². The normalized spacial score (nSPS) is 13.1. The second-order valence-corrected chi connectivity index (χ2v) is 21.6. The van der Waals surface area contributed by atoms with E-state index in [2.05, 4.69) is 191 Å². The lowest BCUT2D eigenvalue weighted by Crippen LogP contribution is -2.37. The molecule has 0 amide bonds. The number of thiophene rings is 2. The summed E-state index contributed by atoms with van der Waals surface area (Å²) in [5.74, 6) is 0. The standard InChI is InChI=1S/C56H43BN2OS2/c1-55(2,3)30-15-18-32(19-16-30)58-44-27-51-41(35-20-17-31(56(4,5)6)23-50(35)62-51)24-38(44)36-21-22-37-39-25-40-33-11-7-9-13-47(33)60-48(40)28-45(39)59-46-29-52-42(26-43(46)57-53(36)54(37)59)34-12-8-10-14-49(34)61-52/h7-29,57-58H,1-6H3. The van der Waals surface area contributed by atoms with E-state index in [9.17, 15) is 0 Å². The zero-order valence-corrected chi connectivity index (χ0v) is 37.3. The fraction of sp³-hybridized carbons (Fsp3) is 0.143. The number of nitrogens with zero attached hydrogens (tertiary/aromatic N) is 1. The summed E-state index contributed by atoms with van der Waals surface area (Å²) < 4.78 is 14.4. The first-order valence-corrected chi connectivity index (χ1v) is 23.3. The average molecular weight is 835 g/mol. The second kappa shape index (κ2) is 12.6. The molecule has 0 bridgehead atoms. The molecule has 6 heteroatoms. The van der Waals surface area contributed by atoms with Gasteiger partial charge < -0.3 is 14.3 Å². The minimum Gasteiger partial charge on any atom is -0.456 e. The summed E-state index contributed by atoms with van der Waals surface area (Å²) in [4.78, 5) is 0. The van der Waals surface area contributed by atoms with Gasteiger partial charge in [-0.3, -0.25) is 0 Å². The summed E-state index contributed by atoms with van der Waals surface area (Å²) in [5.41, 5.74) is 15.8. The lowest BCUT2D eigenvalue weighted by molar-refractivity contribution is 0.590. The molecule has 0 aliphatic carbocycles. The number of anilines is 2. The highest BCUT2D eigenvalue weighted by molar-refractivity contribution is 7.26. The molecule has 3 nitrogen and oxygen atoms in total. The van der Waals surface area contributed by atoms with Crippen LogP contribution >= 0.6 is 22.7 Å². The maximum Gasteiger partial charge on any atom is 0.198 e. The molecule has 62 heavy (non-hydrogen) atoms. The molecule has 0 atom stereocenters. The van der Waals surface area contributed by atoms with E-state index in [1.807, 2.05) is 22.7 Å². The van der Waals surface area contributed by atoms with E-state index >= 15 is 0 Å². The monoisotopic (exact) mass is 834 g/mol. The van der Waals surface area contributed by atoms with Gasteiger partial charge in [0.25, 0.3) is 0 Å². The van der Waals surface area contributed by atoms with E-state index in [1.54, 1.807) is 0 Å². The van der Waals surface area contributed by atoms with Gasteiger partial charge in [0.2, 0.25) is 0 Å². The predicted octanol–water partition coefficient (Wildman–Crippen LogP) is 15.1. The first-order valence-electron chi connectivity index (χ1n) is 21.7. The second-order valence-electron chi connectivity index (χ2n) is 19.4. The lowest BCUT2D eigenvalue weighted by Gasteiger charge is -2.24. The van der Waals surface area contributed by atoms with Crippen molar-refractivity contribution in [2.75, 3.05) is 5.32 Å². The maximum atomic E-state index is 6.57. The predicted molar refractivity (Wildman–Crippen MR) is 273 cm³/mol.